The molecule has 0 spiro atoms. The van der Waals surface area contributed by atoms with Gasteiger partial charge in [-0.25, -0.2) is 4.39 Å². The van der Waals surface area contributed by atoms with Gasteiger partial charge in [-0.1, -0.05) is 0 Å². The van der Waals surface area contributed by atoms with Gasteiger partial charge in [-0.05, 0) is 37.6 Å². The van der Waals surface area contributed by atoms with Crippen LogP contribution < -0.4 is 4.90 Å². The summed E-state index contributed by atoms with van der Waals surface area (Å²) in [4.78, 5) is 29.7. The molecule has 7 heteroatoms. The number of carbonyl (C=O) groups excluding carboxylic acids is 1. The standard InChI is InChI=1S/C18H24FN3O3/c1-13(17(23)22-7-6-14(12-22)18(24)25)20-8-10-21(11-9-20)16-4-2-15(19)3-5-16/h2-5,13-14H,6-12H2,1H3,(H,24,25)/t13-,14-/m0/s1. The van der Waals surface area contributed by atoms with Crippen molar-refractivity contribution in [2.24, 2.45) is 5.92 Å². The minimum absolute atomic E-state index is 0.0129. The van der Waals surface area contributed by atoms with Gasteiger partial charge in [0.1, 0.15) is 5.82 Å². The molecule has 1 N–H and O–H groups in total. The van der Waals surface area contributed by atoms with E-state index in [1.54, 1.807) is 17.0 Å². The first-order valence-electron chi connectivity index (χ1n) is 8.72. The van der Waals surface area contributed by atoms with Crippen LogP contribution in [0.25, 0.3) is 0 Å². The summed E-state index contributed by atoms with van der Waals surface area (Å²) >= 11 is 0. The molecule has 25 heavy (non-hydrogen) atoms. The summed E-state index contributed by atoms with van der Waals surface area (Å²) in [6.07, 6.45) is 0.534. The molecule has 0 bridgehead atoms. The Hall–Kier alpha value is -2.15. The SMILES string of the molecule is C[C@@H](C(=O)N1CC[C@H](C(=O)O)C1)N1CCN(c2ccc(F)cc2)CC1. The van der Waals surface area contributed by atoms with Gasteiger partial charge in [0.15, 0.2) is 0 Å². The fourth-order valence-corrected chi connectivity index (χ4v) is 3.60. The Balaban J connectivity index is 1.53. The molecule has 0 saturated carbocycles. The van der Waals surface area contributed by atoms with Crippen LogP contribution in [-0.4, -0.2) is 72.1 Å². The third-order valence-corrected chi connectivity index (χ3v) is 5.26. The van der Waals surface area contributed by atoms with E-state index in [0.717, 1.165) is 31.9 Å². The van der Waals surface area contributed by atoms with Crippen LogP contribution >= 0.6 is 0 Å². The Kier molecular flexibility index (Phi) is 5.22. The minimum Gasteiger partial charge on any atom is -0.481 e. The van der Waals surface area contributed by atoms with Crippen molar-refractivity contribution in [3.63, 3.8) is 0 Å². The van der Waals surface area contributed by atoms with E-state index in [1.807, 2.05) is 6.92 Å². The number of aliphatic carboxylic acids is 1. The molecule has 1 amide bonds. The number of anilines is 1. The van der Waals surface area contributed by atoms with Crippen LogP contribution in [0.5, 0.6) is 0 Å². The van der Waals surface area contributed by atoms with E-state index < -0.39 is 11.9 Å². The molecule has 1 aromatic rings. The Morgan fingerprint density at radius 2 is 1.76 bits per heavy atom. The van der Waals surface area contributed by atoms with Crippen LogP contribution in [0.3, 0.4) is 0 Å². The second kappa shape index (κ2) is 7.39. The fourth-order valence-electron chi connectivity index (χ4n) is 3.60. The molecule has 0 unspecified atom stereocenters. The van der Waals surface area contributed by atoms with E-state index in [0.29, 0.717) is 19.5 Å². The Morgan fingerprint density at radius 3 is 2.32 bits per heavy atom. The first kappa shape index (κ1) is 17.7. The summed E-state index contributed by atoms with van der Waals surface area (Å²) in [5, 5.41) is 9.08. The van der Waals surface area contributed by atoms with Gasteiger partial charge >= 0.3 is 5.97 Å². The van der Waals surface area contributed by atoms with Crippen LogP contribution in [0.15, 0.2) is 24.3 Å². The molecular weight excluding hydrogens is 325 g/mol. The second-order valence-corrected chi connectivity index (χ2v) is 6.78. The van der Waals surface area contributed by atoms with E-state index in [-0.39, 0.29) is 17.8 Å². The number of carboxylic acids is 1. The first-order chi connectivity index (χ1) is 12.0. The fraction of sp³-hybridized carbons (Fsp3) is 0.556. The molecule has 2 fully saturated rings. The van der Waals surface area contributed by atoms with Crippen molar-refractivity contribution >= 4 is 17.6 Å². The molecule has 2 atom stereocenters. The maximum absolute atomic E-state index is 13.0. The first-order valence-corrected chi connectivity index (χ1v) is 8.72. The van der Waals surface area contributed by atoms with E-state index in [1.165, 1.54) is 12.1 Å². The number of likely N-dealkylation sites (tertiary alicyclic amines) is 1. The number of nitrogens with zero attached hydrogens (tertiary/aromatic N) is 3. The van der Waals surface area contributed by atoms with Gasteiger partial charge in [-0.3, -0.25) is 14.5 Å². The van der Waals surface area contributed by atoms with Crippen LogP contribution in [-0.2, 0) is 9.59 Å². The summed E-state index contributed by atoms with van der Waals surface area (Å²) in [5.74, 6) is -1.49. The molecule has 2 aliphatic heterocycles. The van der Waals surface area contributed by atoms with Gasteiger partial charge in [0.05, 0.1) is 12.0 Å². The highest BCUT2D eigenvalue weighted by molar-refractivity contribution is 5.83. The quantitative estimate of drug-likeness (QED) is 0.887. The van der Waals surface area contributed by atoms with Gasteiger partial charge in [0, 0.05) is 45.0 Å². The maximum atomic E-state index is 13.0. The van der Waals surface area contributed by atoms with Crippen LogP contribution in [0.2, 0.25) is 0 Å². The van der Waals surface area contributed by atoms with Crippen molar-refractivity contribution < 1.29 is 19.1 Å². The van der Waals surface area contributed by atoms with Crippen LogP contribution in [0.4, 0.5) is 10.1 Å². The maximum Gasteiger partial charge on any atom is 0.308 e. The number of benzene rings is 1. The van der Waals surface area contributed by atoms with Crippen molar-refractivity contribution in [3.05, 3.63) is 30.1 Å². The normalized spacial score (nSPS) is 22.9. The number of carboxylic acid groups (broad SMARTS) is 1. The highest BCUT2D eigenvalue weighted by Gasteiger charge is 2.35. The third kappa shape index (κ3) is 3.92. The summed E-state index contributed by atoms with van der Waals surface area (Å²) in [6.45, 7) is 5.79. The van der Waals surface area contributed by atoms with Gasteiger partial charge in [0.2, 0.25) is 5.91 Å². The van der Waals surface area contributed by atoms with Gasteiger partial charge < -0.3 is 14.9 Å². The number of piperazine rings is 1. The summed E-state index contributed by atoms with van der Waals surface area (Å²) < 4.78 is 13.0. The smallest absolute Gasteiger partial charge is 0.308 e. The number of hydrogen-bond donors (Lipinski definition) is 1. The topological polar surface area (TPSA) is 64.1 Å². The lowest BCUT2D eigenvalue weighted by molar-refractivity contribution is -0.141. The molecule has 0 aliphatic carbocycles. The molecule has 3 rings (SSSR count). The minimum atomic E-state index is -0.823. The van der Waals surface area contributed by atoms with E-state index in [2.05, 4.69) is 9.80 Å². The zero-order valence-electron chi connectivity index (χ0n) is 14.4. The average molecular weight is 349 g/mol. The zero-order chi connectivity index (χ0) is 18.0. The molecule has 1 aromatic carbocycles. The Morgan fingerprint density at radius 1 is 1.12 bits per heavy atom. The van der Waals surface area contributed by atoms with Crippen molar-refractivity contribution in [3.8, 4) is 0 Å². The number of rotatable bonds is 4. The number of carbonyl (C=O) groups is 2. The Labute approximate surface area is 146 Å². The molecule has 2 saturated heterocycles. The molecule has 136 valence electrons. The van der Waals surface area contributed by atoms with Crippen molar-refractivity contribution in [1.82, 2.24) is 9.80 Å². The van der Waals surface area contributed by atoms with Crippen molar-refractivity contribution in [1.29, 1.82) is 0 Å². The molecule has 0 radical (unpaired) electrons. The monoisotopic (exact) mass is 349 g/mol. The molecular formula is C18H24FN3O3. The predicted molar refractivity (Wildman–Crippen MR) is 92.0 cm³/mol. The second-order valence-electron chi connectivity index (χ2n) is 6.78. The van der Waals surface area contributed by atoms with Crippen LogP contribution in [0, 0.1) is 11.7 Å². The Bertz CT molecular complexity index is 629. The molecule has 6 nitrogen and oxygen atoms in total. The lowest BCUT2D eigenvalue weighted by Crippen LogP contribution is -2.54. The largest absolute Gasteiger partial charge is 0.481 e. The molecule has 0 aromatic heterocycles. The highest BCUT2D eigenvalue weighted by atomic mass is 19.1. The van der Waals surface area contributed by atoms with E-state index in [4.69, 9.17) is 5.11 Å². The number of amides is 1. The number of halogens is 1. The van der Waals surface area contributed by atoms with Crippen molar-refractivity contribution in [2.75, 3.05) is 44.2 Å². The lowest BCUT2D eigenvalue weighted by atomic mass is 10.1. The average Bonchev–Trinajstić information content (AvgIpc) is 3.12. The molecule has 2 aliphatic rings. The predicted octanol–water partition coefficient (Wildman–Crippen LogP) is 1.27. The third-order valence-electron chi connectivity index (χ3n) is 5.26. The van der Waals surface area contributed by atoms with E-state index in [9.17, 15) is 14.0 Å². The van der Waals surface area contributed by atoms with Crippen molar-refractivity contribution in [2.45, 2.75) is 19.4 Å². The highest BCUT2D eigenvalue weighted by Crippen LogP contribution is 2.21. The lowest BCUT2D eigenvalue weighted by Gasteiger charge is -2.39. The summed E-state index contributed by atoms with van der Waals surface area (Å²) in [6, 6.07) is 6.22. The van der Waals surface area contributed by atoms with Gasteiger partial charge in [-0.15, -0.1) is 0 Å². The van der Waals surface area contributed by atoms with E-state index >= 15 is 0 Å². The number of hydrogen-bond acceptors (Lipinski definition) is 4. The van der Waals surface area contributed by atoms with Crippen LogP contribution in [0.1, 0.15) is 13.3 Å². The van der Waals surface area contributed by atoms with Gasteiger partial charge in [0.25, 0.3) is 0 Å². The van der Waals surface area contributed by atoms with Gasteiger partial charge in [-0.2, -0.15) is 0 Å². The summed E-state index contributed by atoms with van der Waals surface area (Å²) in [5.41, 5.74) is 0.990. The molecule has 2 heterocycles. The zero-order valence-corrected chi connectivity index (χ0v) is 14.4. The summed E-state index contributed by atoms with van der Waals surface area (Å²) in [7, 11) is 0.